The number of hydrogen-bond donors (Lipinski definition) is 1. The van der Waals surface area contributed by atoms with Crippen LogP contribution in [0.3, 0.4) is 0 Å². The molecule has 9 atom stereocenters. The van der Waals surface area contributed by atoms with Gasteiger partial charge in [0.25, 0.3) is 0 Å². The molecule has 0 radical (unpaired) electrons. The second-order valence-corrected chi connectivity index (χ2v) is 22.2. The van der Waals surface area contributed by atoms with Crippen molar-refractivity contribution in [3.05, 3.63) is 53.1 Å². The van der Waals surface area contributed by atoms with Crippen LogP contribution in [0.5, 0.6) is 0 Å². The van der Waals surface area contributed by atoms with Gasteiger partial charge in [-0.3, -0.25) is 4.79 Å². The Labute approximate surface area is 322 Å². The molecule has 0 bridgehead atoms. The van der Waals surface area contributed by atoms with Crippen LogP contribution in [0.2, 0.25) is 0 Å². The molecule has 0 unspecified atom stereocenters. The summed E-state index contributed by atoms with van der Waals surface area (Å²) in [5.41, 5.74) is 1.13. The lowest BCUT2D eigenvalue weighted by atomic mass is 9.32. The number of fused-ring (bicyclic) bond motifs is 7. The van der Waals surface area contributed by atoms with Crippen molar-refractivity contribution < 1.29 is 31.9 Å². The average molecular weight is 768 g/mol. The van der Waals surface area contributed by atoms with Gasteiger partial charge in [-0.05, 0) is 159 Å². The van der Waals surface area contributed by atoms with E-state index in [2.05, 4.69) is 59.1 Å². The molecule has 1 N–H and O–H groups in total. The quantitative estimate of drug-likeness (QED) is 0.199. The molecule has 1 aliphatic heterocycles. The third kappa shape index (κ3) is 6.01. The molecule has 1 heterocycles. The van der Waals surface area contributed by atoms with E-state index in [1.807, 2.05) is 0 Å². The largest absolute Gasteiger partial charge is 0.477 e. The molecule has 1 saturated heterocycles. The molecule has 54 heavy (non-hydrogen) atoms. The summed E-state index contributed by atoms with van der Waals surface area (Å²) in [6.45, 7) is 20.8. The number of carbonyl (C=O) groups excluding carboxylic acids is 1. The second-order valence-electron chi connectivity index (χ2n) is 19.9. The number of rotatable bonds is 9. The number of aromatic carboxylic acids is 1. The maximum atomic E-state index is 15.0. The Hall–Kier alpha value is -2.39. The van der Waals surface area contributed by atoms with Gasteiger partial charge in [-0.1, -0.05) is 52.8 Å². The molecule has 4 saturated carbocycles. The first-order chi connectivity index (χ1) is 25.2. The Morgan fingerprint density at radius 2 is 1.56 bits per heavy atom. The topological polar surface area (TPSA) is 91.8 Å². The maximum absolute atomic E-state index is 15.0. The van der Waals surface area contributed by atoms with E-state index < -0.39 is 33.0 Å². The van der Waals surface area contributed by atoms with E-state index in [-0.39, 0.29) is 38.6 Å². The fourth-order valence-corrected chi connectivity index (χ4v) is 15.8. The minimum absolute atomic E-state index is 0.0155. The standard InChI is InChI=1S/C45H63F2NO5S/c1-28(2)30-13-18-45(37(49)10-8-9-21-48-22-24-54(52,53)25-23-48)20-19-43(6)32(39(30)45)11-12-36-42(5)16-14-31(41(3,4)35(42)15-17-44(36,43)7)29-26-33(46)38(40(50)51)34(47)27-29/h14,26-27,30,32,35-36,39H,1,8-13,15-25H2,2-7H3,(H,50,51)/t30-,32+,35-,36+,39+,42-,43+,44+,45+/m0/s1. The number of carboxylic acids is 1. The fourth-order valence-electron chi connectivity index (χ4n) is 14.5. The molecule has 6 aliphatic rings. The molecule has 0 spiro atoms. The zero-order valence-corrected chi connectivity index (χ0v) is 34.4. The van der Waals surface area contributed by atoms with Crippen LogP contribution in [0.25, 0.3) is 5.57 Å². The van der Waals surface area contributed by atoms with Gasteiger partial charge in [-0.2, -0.15) is 0 Å². The molecule has 7 rings (SSSR count). The minimum atomic E-state index is -2.90. The van der Waals surface area contributed by atoms with Gasteiger partial charge in [-0.25, -0.2) is 22.0 Å². The summed E-state index contributed by atoms with van der Waals surface area (Å²) in [6.07, 6.45) is 13.7. The summed E-state index contributed by atoms with van der Waals surface area (Å²) in [7, 11) is -2.90. The predicted octanol–water partition coefficient (Wildman–Crippen LogP) is 9.78. The van der Waals surface area contributed by atoms with E-state index in [1.165, 1.54) is 17.7 Å². The lowest BCUT2D eigenvalue weighted by Crippen LogP contribution is -2.65. The Morgan fingerprint density at radius 1 is 0.889 bits per heavy atom. The fraction of sp³-hybridized carbons (Fsp3) is 0.733. The van der Waals surface area contributed by atoms with Crippen LogP contribution in [0, 0.1) is 68.3 Å². The number of carboxylic acid groups (broad SMARTS) is 1. The van der Waals surface area contributed by atoms with Crippen molar-refractivity contribution in [2.45, 2.75) is 119 Å². The first kappa shape index (κ1) is 39.8. The van der Waals surface area contributed by atoms with Crippen molar-refractivity contribution in [1.82, 2.24) is 4.90 Å². The van der Waals surface area contributed by atoms with Crippen molar-refractivity contribution in [2.75, 3.05) is 31.1 Å². The van der Waals surface area contributed by atoms with Crippen LogP contribution in [0.4, 0.5) is 8.78 Å². The Morgan fingerprint density at radius 3 is 2.19 bits per heavy atom. The van der Waals surface area contributed by atoms with Crippen LogP contribution < -0.4 is 0 Å². The molecular weight excluding hydrogens is 705 g/mol. The van der Waals surface area contributed by atoms with Gasteiger partial charge < -0.3 is 10.0 Å². The number of carbonyl (C=O) groups is 2. The van der Waals surface area contributed by atoms with E-state index in [9.17, 15) is 31.9 Å². The molecule has 0 aromatic heterocycles. The molecule has 6 nitrogen and oxygen atoms in total. The SMILES string of the molecule is C=C(C)[C@@H]1CC[C@]2(C(=O)CCCCN3CCS(=O)(=O)CC3)CC[C@]3(C)[C@H](CC[C@@H]4[C@@]5(C)CC=C(c6cc(F)c(C(=O)O)c(F)c6)C(C)(C)[C@@H]5CC[C@]43C)[C@@H]12. The van der Waals surface area contributed by atoms with Gasteiger partial charge in [0.05, 0.1) is 11.5 Å². The van der Waals surface area contributed by atoms with Gasteiger partial charge in [0.15, 0.2) is 9.84 Å². The summed E-state index contributed by atoms with van der Waals surface area (Å²) >= 11 is 0. The van der Waals surface area contributed by atoms with Crippen molar-refractivity contribution in [3.8, 4) is 0 Å². The zero-order chi connectivity index (χ0) is 39.2. The highest BCUT2D eigenvalue weighted by Gasteiger charge is 2.71. The number of sulfone groups is 1. The van der Waals surface area contributed by atoms with Gasteiger partial charge >= 0.3 is 5.97 Å². The predicted molar refractivity (Wildman–Crippen MR) is 210 cm³/mol. The average Bonchev–Trinajstić information content (AvgIpc) is 3.48. The maximum Gasteiger partial charge on any atom is 0.341 e. The first-order valence-corrected chi connectivity index (χ1v) is 22.6. The van der Waals surface area contributed by atoms with Gasteiger partial charge in [-0.15, -0.1) is 0 Å². The molecule has 5 fully saturated rings. The molecule has 5 aliphatic carbocycles. The van der Waals surface area contributed by atoms with Crippen molar-refractivity contribution in [2.24, 2.45) is 56.7 Å². The van der Waals surface area contributed by atoms with E-state index >= 15 is 0 Å². The van der Waals surface area contributed by atoms with Crippen molar-refractivity contribution in [1.29, 1.82) is 0 Å². The number of unbranched alkanes of at least 4 members (excludes halogenated alkanes) is 1. The number of benzene rings is 1. The van der Waals surface area contributed by atoms with Crippen LogP contribution >= 0.6 is 0 Å². The van der Waals surface area contributed by atoms with Gasteiger partial charge in [0.1, 0.15) is 23.0 Å². The highest BCUT2D eigenvalue weighted by molar-refractivity contribution is 7.91. The van der Waals surface area contributed by atoms with Gasteiger partial charge in [0, 0.05) is 24.9 Å². The number of ketones is 1. The first-order valence-electron chi connectivity index (χ1n) is 20.8. The van der Waals surface area contributed by atoms with E-state index in [0.29, 0.717) is 60.4 Å². The summed E-state index contributed by atoms with van der Waals surface area (Å²) in [5, 5.41) is 9.38. The van der Waals surface area contributed by atoms with E-state index in [1.54, 1.807) is 0 Å². The lowest BCUT2D eigenvalue weighted by Gasteiger charge is -2.72. The monoisotopic (exact) mass is 767 g/mol. The lowest BCUT2D eigenvalue weighted by molar-refractivity contribution is -0.224. The van der Waals surface area contributed by atoms with Crippen molar-refractivity contribution in [3.63, 3.8) is 0 Å². The second kappa shape index (κ2) is 13.6. The van der Waals surface area contributed by atoms with Crippen LogP contribution in [0.1, 0.15) is 135 Å². The highest BCUT2D eigenvalue weighted by atomic mass is 32.2. The molecule has 298 valence electrons. The minimum Gasteiger partial charge on any atom is -0.477 e. The zero-order valence-electron chi connectivity index (χ0n) is 33.5. The third-order valence-electron chi connectivity index (χ3n) is 17.3. The molecule has 1 aromatic carbocycles. The Bertz CT molecular complexity index is 1830. The van der Waals surface area contributed by atoms with E-state index in [4.69, 9.17) is 0 Å². The van der Waals surface area contributed by atoms with E-state index in [0.717, 1.165) is 82.7 Å². The van der Waals surface area contributed by atoms with Crippen LogP contribution in [-0.4, -0.2) is 61.3 Å². The summed E-state index contributed by atoms with van der Waals surface area (Å²) in [6, 6.07) is 2.42. The molecule has 1 aromatic rings. The molecule has 0 amide bonds. The number of Topliss-reactive ketones (excluding diaryl/α,β-unsaturated/α-hetero) is 1. The normalized spacial score (nSPS) is 39.7. The molecular formula is C45H63F2NO5S. The summed E-state index contributed by atoms with van der Waals surface area (Å²) in [5.74, 6) is -0.872. The number of halogens is 2. The Kier molecular flexibility index (Phi) is 10.1. The van der Waals surface area contributed by atoms with Crippen molar-refractivity contribution >= 4 is 27.2 Å². The number of allylic oxidation sites excluding steroid dienone is 3. The summed E-state index contributed by atoms with van der Waals surface area (Å²) < 4.78 is 53.7. The summed E-state index contributed by atoms with van der Waals surface area (Å²) in [4.78, 5) is 28.4. The number of nitrogens with zero attached hydrogens (tertiary/aromatic N) is 1. The Balaban J connectivity index is 1.13. The number of hydrogen-bond acceptors (Lipinski definition) is 5. The molecule has 9 heteroatoms. The van der Waals surface area contributed by atoms with Gasteiger partial charge in [0.2, 0.25) is 0 Å². The van der Waals surface area contributed by atoms with Crippen LogP contribution in [-0.2, 0) is 14.6 Å². The van der Waals surface area contributed by atoms with Crippen LogP contribution in [0.15, 0.2) is 30.4 Å². The highest BCUT2D eigenvalue weighted by Crippen LogP contribution is 2.78. The third-order valence-corrected chi connectivity index (χ3v) is 18.9. The smallest absolute Gasteiger partial charge is 0.341 e.